The number of carbonyl (C=O) groups excluding carboxylic acids is 1. The van der Waals surface area contributed by atoms with Gasteiger partial charge in [0.1, 0.15) is 6.54 Å². The van der Waals surface area contributed by atoms with E-state index >= 15 is 0 Å². The smallest absolute Gasteiger partial charge is 0.256 e. The third-order valence-corrected chi connectivity index (χ3v) is 1.49. The van der Waals surface area contributed by atoms with Gasteiger partial charge in [0.15, 0.2) is 0 Å². The molecule has 5 nitrogen and oxygen atoms in total. The largest absolute Gasteiger partial charge is 0.328 e. The molecular weight excluding hydrogens is 168 g/mol. The van der Waals surface area contributed by atoms with Gasteiger partial charge in [0.05, 0.1) is 24.0 Å². The molecule has 66 valence electrons. The Hall–Kier alpha value is -1.96. The molecule has 0 aliphatic rings. The van der Waals surface area contributed by atoms with Crippen LogP contribution in [-0.2, 0) is 0 Å². The maximum absolute atomic E-state index is 11.4. The lowest BCUT2D eigenvalue weighted by molar-refractivity contribution is 0.0811. The monoisotopic (exact) mass is 176 g/mol. The van der Waals surface area contributed by atoms with Gasteiger partial charge in [0, 0.05) is 7.05 Å². The van der Waals surface area contributed by atoms with Gasteiger partial charge in [-0.2, -0.15) is 15.5 Å². The van der Waals surface area contributed by atoms with E-state index in [9.17, 15) is 4.79 Å². The van der Waals surface area contributed by atoms with Gasteiger partial charge < -0.3 is 4.90 Å². The normalized spacial score (nSPS) is 8.92. The molecular formula is C8H8N4O. The van der Waals surface area contributed by atoms with Gasteiger partial charge in [0.25, 0.3) is 5.91 Å². The Balaban J connectivity index is 2.75. The molecule has 0 aliphatic carbocycles. The van der Waals surface area contributed by atoms with Crippen LogP contribution in [0.1, 0.15) is 10.4 Å². The van der Waals surface area contributed by atoms with E-state index in [-0.39, 0.29) is 12.5 Å². The van der Waals surface area contributed by atoms with Crippen molar-refractivity contribution < 1.29 is 4.79 Å². The zero-order chi connectivity index (χ0) is 9.68. The van der Waals surface area contributed by atoms with Crippen molar-refractivity contribution in [2.75, 3.05) is 13.6 Å². The Morgan fingerprint density at radius 1 is 1.69 bits per heavy atom. The number of hydrogen-bond acceptors (Lipinski definition) is 4. The van der Waals surface area contributed by atoms with E-state index in [0.717, 1.165) is 0 Å². The van der Waals surface area contributed by atoms with Crippen molar-refractivity contribution in [3.8, 4) is 6.07 Å². The molecule has 0 N–H and O–H groups in total. The average molecular weight is 176 g/mol. The molecule has 1 aromatic heterocycles. The van der Waals surface area contributed by atoms with E-state index in [1.54, 1.807) is 13.1 Å². The minimum Gasteiger partial charge on any atom is -0.328 e. The molecule has 0 radical (unpaired) electrons. The van der Waals surface area contributed by atoms with E-state index < -0.39 is 0 Å². The Kier molecular flexibility index (Phi) is 2.92. The first-order valence-corrected chi connectivity index (χ1v) is 3.65. The second-order valence-electron chi connectivity index (χ2n) is 2.45. The fourth-order valence-electron chi connectivity index (χ4n) is 0.815. The molecule has 1 amide bonds. The third kappa shape index (κ3) is 2.24. The van der Waals surface area contributed by atoms with Crippen LogP contribution in [0.5, 0.6) is 0 Å². The van der Waals surface area contributed by atoms with E-state index in [2.05, 4.69) is 10.2 Å². The molecule has 0 fully saturated rings. The zero-order valence-corrected chi connectivity index (χ0v) is 7.14. The molecule has 0 bridgehead atoms. The van der Waals surface area contributed by atoms with Crippen LogP contribution >= 0.6 is 0 Å². The molecule has 0 atom stereocenters. The maximum atomic E-state index is 11.4. The van der Waals surface area contributed by atoms with Crippen molar-refractivity contribution in [3.63, 3.8) is 0 Å². The van der Waals surface area contributed by atoms with Crippen LogP contribution in [0.15, 0.2) is 18.5 Å². The van der Waals surface area contributed by atoms with Crippen molar-refractivity contribution in [3.05, 3.63) is 24.0 Å². The summed E-state index contributed by atoms with van der Waals surface area (Å²) in [6.07, 6.45) is 2.81. The van der Waals surface area contributed by atoms with Gasteiger partial charge in [0.2, 0.25) is 0 Å². The number of amides is 1. The number of hydrogen-bond donors (Lipinski definition) is 0. The Labute approximate surface area is 75.6 Å². The summed E-state index contributed by atoms with van der Waals surface area (Å²) in [5, 5.41) is 15.5. The van der Waals surface area contributed by atoms with Gasteiger partial charge in [-0.3, -0.25) is 4.79 Å². The molecule has 0 aromatic carbocycles. The van der Waals surface area contributed by atoms with Crippen molar-refractivity contribution >= 4 is 5.91 Å². The number of nitriles is 1. The highest BCUT2D eigenvalue weighted by atomic mass is 16.2. The predicted molar refractivity (Wildman–Crippen MR) is 44.6 cm³/mol. The zero-order valence-electron chi connectivity index (χ0n) is 7.14. The summed E-state index contributed by atoms with van der Waals surface area (Å²) >= 11 is 0. The van der Waals surface area contributed by atoms with Gasteiger partial charge in [-0.25, -0.2) is 0 Å². The van der Waals surface area contributed by atoms with Crippen molar-refractivity contribution in [1.82, 2.24) is 15.1 Å². The lowest BCUT2D eigenvalue weighted by atomic mass is 10.3. The van der Waals surface area contributed by atoms with Gasteiger partial charge in [-0.15, -0.1) is 0 Å². The van der Waals surface area contributed by atoms with Crippen LogP contribution < -0.4 is 0 Å². The minimum atomic E-state index is -0.226. The quantitative estimate of drug-likeness (QED) is 0.598. The highest BCUT2D eigenvalue weighted by Gasteiger charge is 2.10. The number of rotatable bonds is 2. The first-order valence-electron chi connectivity index (χ1n) is 3.65. The van der Waals surface area contributed by atoms with Crippen LogP contribution in [0.3, 0.4) is 0 Å². The molecule has 0 saturated heterocycles. The van der Waals surface area contributed by atoms with E-state index in [1.807, 2.05) is 6.07 Å². The second kappa shape index (κ2) is 4.16. The molecule has 1 rings (SSSR count). The van der Waals surface area contributed by atoms with Crippen LogP contribution in [0, 0.1) is 11.3 Å². The summed E-state index contributed by atoms with van der Waals surface area (Å²) in [5.74, 6) is -0.226. The summed E-state index contributed by atoms with van der Waals surface area (Å²) in [6.45, 7) is 0.0706. The summed E-state index contributed by atoms with van der Waals surface area (Å²) in [7, 11) is 1.56. The Morgan fingerprint density at radius 3 is 3.00 bits per heavy atom. The number of nitrogens with zero attached hydrogens (tertiary/aromatic N) is 4. The lowest BCUT2D eigenvalue weighted by Crippen LogP contribution is -2.27. The summed E-state index contributed by atoms with van der Waals surface area (Å²) in [5.41, 5.74) is 0.438. The van der Waals surface area contributed by atoms with E-state index in [1.165, 1.54) is 17.3 Å². The lowest BCUT2D eigenvalue weighted by Gasteiger charge is -2.11. The van der Waals surface area contributed by atoms with Gasteiger partial charge in [-0.1, -0.05) is 0 Å². The molecule has 13 heavy (non-hydrogen) atoms. The van der Waals surface area contributed by atoms with Crippen LogP contribution in [0.4, 0.5) is 0 Å². The summed E-state index contributed by atoms with van der Waals surface area (Å²) in [4.78, 5) is 12.8. The highest BCUT2D eigenvalue weighted by Crippen LogP contribution is 1.98. The first-order chi connectivity index (χ1) is 6.25. The number of aromatic nitrogens is 2. The molecule has 1 heterocycles. The Morgan fingerprint density at radius 2 is 2.46 bits per heavy atom. The number of carbonyl (C=O) groups is 1. The molecule has 1 aromatic rings. The summed E-state index contributed by atoms with van der Waals surface area (Å²) in [6, 6.07) is 3.45. The minimum absolute atomic E-state index is 0.0706. The molecule has 0 saturated carbocycles. The predicted octanol–water partition coefficient (Wildman–Crippen LogP) is 0.0722. The molecule has 0 spiro atoms. The fraction of sp³-hybridized carbons (Fsp3) is 0.250. The highest BCUT2D eigenvalue weighted by molar-refractivity contribution is 5.93. The summed E-state index contributed by atoms with van der Waals surface area (Å²) < 4.78 is 0. The standard InChI is InChI=1S/C8H8N4O/c1-12(5-3-9)8(13)7-2-4-10-11-6-7/h2,4,6H,5H2,1H3. The van der Waals surface area contributed by atoms with Crippen LogP contribution in [0.2, 0.25) is 0 Å². The molecule has 5 heteroatoms. The van der Waals surface area contributed by atoms with E-state index in [0.29, 0.717) is 5.56 Å². The average Bonchev–Trinajstić information content (AvgIpc) is 2.18. The maximum Gasteiger partial charge on any atom is 0.256 e. The SMILES string of the molecule is CN(CC#N)C(=O)c1ccnnc1. The molecule has 0 aliphatic heterocycles. The van der Waals surface area contributed by atoms with Crippen molar-refractivity contribution in [2.24, 2.45) is 0 Å². The van der Waals surface area contributed by atoms with Gasteiger partial charge >= 0.3 is 0 Å². The second-order valence-corrected chi connectivity index (χ2v) is 2.45. The topological polar surface area (TPSA) is 69.9 Å². The van der Waals surface area contributed by atoms with Crippen LogP contribution in [-0.4, -0.2) is 34.6 Å². The van der Waals surface area contributed by atoms with Crippen molar-refractivity contribution in [2.45, 2.75) is 0 Å². The van der Waals surface area contributed by atoms with Gasteiger partial charge in [-0.05, 0) is 6.07 Å². The molecule has 0 unspecified atom stereocenters. The fourth-order valence-corrected chi connectivity index (χ4v) is 0.815. The Bertz CT molecular complexity index is 330. The van der Waals surface area contributed by atoms with Crippen molar-refractivity contribution in [1.29, 1.82) is 5.26 Å². The third-order valence-electron chi connectivity index (χ3n) is 1.49. The van der Waals surface area contributed by atoms with E-state index in [4.69, 9.17) is 5.26 Å². The first kappa shape index (κ1) is 9.13. The van der Waals surface area contributed by atoms with Crippen LogP contribution in [0.25, 0.3) is 0 Å².